The van der Waals surface area contributed by atoms with Gasteiger partial charge in [-0.2, -0.15) is 4.31 Å². The van der Waals surface area contributed by atoms with Crippen LogP contribution in [0.2, 0.25) is 10.0 Å². The van der Waals surface area contributed by atoms with Gasteiger partial charge in [-0.3, -0.25) is 0 Å². The maximum atomic E-state index is 12.8. The summed E-state index contributed by atoms with van der Waals surface area (Å²) in [6, 6.07) is 4.21. The number of hydrogen-bond acceptors (Lipinski definition) is 3. The maximum absolute atomic E-state index is 12.8. The summed E-state index contributed by atoms with van der Waals surface area (Å²) in [5.41, 5.74) is 0. The SMILES string of the molecule is O=S(=O)(c1c(Cl)cccc1Cl)N1CCCCCC1CO. The van der Waals surface area contributed by atoms with E-state index >= 15 is 0 Å². The molecule has 1 N–H and O–H groups in total. The van der Waals surface area contributed by atoms with Crippen LogP contribution < -0.4 is 0 Å². The summed E-state index contributed by atoms with van der Waals surface area (Å²) in [4.78, 5) is -0.0660. The molecule has 2 rings (SSSR count). The van der Waals surface area contributed by atoms with E-state index < -0.39 is 16.1 Å². The zero-order valence-corrected chi connectivity index (χ0v) is 13.3. The highest BCUT2D eigenvalue weighted by Gasteiger charge is 2.34. The molecule has 1 aliphatic rings. The number of sulfonamides is 1. The van der Waals surface area contributed by atoms with E-state index in [0.29, 0.717) is 13.0 Å². The maximum Gasteiger partial charge on any atom is 0.246 e. The van der Waals surface area contributed by atoms with Crippen LogP contribution in [0.25, 0.3) is 0 Å². The lowest BCUT2D eigenvalue weighted by Crippen LogP contribution is -2.42. The van der Waals surface area contributed by atoms with Gasteiger partial charge in [-0.1, -0.05) is 42.1 Å². The molecule has 0 bridgehead atoms. The number of benzene rings is 1. The lowest BCUT2D eigenvalue weighted by molar-refractivity contribution is 0.186. The van der Waals surface area contributed by atoms with Crippen molar-refractivity contribution < 1.29 is 13.5 Å². The van der Waals surface area contributed by atoms with Crippen LogP contribution in [0.15, 0.2) is 23.1 Å². The second-order valence-corrected chi connectivity index (χ2v) is 7.49. The van der Waals surface area contributed by atoms with E-state index in [2.05, 4.69) is 0 Å². The zero-order chi connectivity index (χ0) is 14.8. The molecule has 1 atom stereocenters. The van der Waals surface area contributed by atoms with E-state index in [1.54, 1.807) is 6.07 Å². The van der Waals surface area contributed by atoms with E-state index in [9.17, 15) is 13.5 Å². The number of halogens is 2. The summed E-state index contributed by atoms with van der Waals surface area (Å²) >= 11 is 12.0. The summed E-state index contributed by atoms with van der Waals surface area (Å²) in [5, 5.41) is 9.68. The molecular formula is C13H17Cl2NO3S. The summed E-state index contributed by atoms with van der Waals surface area (Å²) in [6.45, 7) is 0.191. The fraction of sp³-hybridized carbons (Fsp3) is 0.538. The Morgan fingerprint density at radius 3 is 2.45 bits per heavy atom. The molecule has 0 radical (unpaired) electrons. The minimum absolute atomic E-state index is 0.0660. The number of rotatable bonds is 3. The highest BCUT2D eigenvalue weighted by molar-refractivity contribution is 7.89. The molecule has 0 spiro atoms. The molecule has 0 saturated carbocycles. The van der Waals surface area contributed by atoms with E-state index in [1.165, 1.54) is 16.4 Å². The first kappa shape index (κ1) is 16.0. The Hall–Kier alpha value is -0.330. The van der Waals surface area contributed by atoms with Crippen LogP contribution in [0.5, 0.6) is 0 Å². The first-order valence-corrected chi connectivity index (χ1v) is 8.75. The second-order valence-electron chi connectivity index (χ2n) is 4.85. The summed E-state index contributed by atoms with van der Waals surface area (Å²) in [6.07, 6.45) is 3.29. The van der Waals surface area contributed by atoms with Gasteiger partial charge in [0.15, 0.2) is 0 Å². The van der Waals surface area contributed by atoms with Gasteiger partial charge in [-0.25, -0.2) is 8.42 Å². The van der Waals surface area contributed by atoms with Gasteiger partial charge in [-0.05, 0) is 25.0 Å². The molecule has 20 heavy (non-hydrogen) atoms. The Kier molecular flexibility index (Phi) is 5.31. The predicted octanol–water partition coefficient (Wildman–Crippen LogP) is 2.92. The molecule has 0 aliphatic carbocycles. The topological polar surface area (TPSA) is 57.6 Å². The third-order valence-electron chi connectivity index (χ3n) is 3.52. The van der Waals surface area contributed by atoms with Crippen molar-refractivity contribution in [2.45, 2.75) is 36.6 Å². The Bertz CT molecular complexity index is 557. The smallest absolute Gasteiger partial charge is 0.246 e. The van der Waals surface area contributed by atoms with Crippen molar-refractivity contribution in [2.75, 3.05) is 13.2 Å². The molecule has 1 fully saturated rings. The molecule has 1 unspecified atom stereocenters. The van der Waals surface area contributed by atoms with Crippen molar-refractivity contribution in [1.82, 2.24) is 4.31 Å². The van der Waals surface area contributed by atoms with Crippen LogP contribution in [-0.4, -0.2) is 37.0 Å². The Labute approximate surface area is 129 Å². The van der Waals surface area contributed by atoms with Gasteiger partial charge in [0.1, 0.15) is 4.90 Å². The third-order valence-corrected chi connectivity index (χ3v) is 6.43. The van der Waals surface area contributed by atoms with Crippen LogP contribution in [0.3, 0.4) is 0 Å². The van der Waals surface area contributed by atoms with Gasteiger partial charge < -0.3 is 5.11 Å². The lowest BCUT2D eigenvalue weighted by Gasteiger charge is -2.28. The first-order chi connectivity index (χ1) is 9.48. The van der Waals surface area contributed by atoms with Crippen molar-refractivity contribution in [1.29, 1.82) is 0 Å². The predicted molar refractivity (Wildman–Crippen MR) is 79.7 cm³/mol. The zero-order valence-electron chi connectivity index (χ0n) is 10.9. The van der Waals surface area contributed by atoms with Crippen LogP contribution in [0.1, 0.15) is 25.7 Å². The van der Waals surface area contributed by atoms with Crippen molar-refractivity contribution in [3.05, 3.63) is 28.2 Å². The van der Waals surface area contributed by atoms with Crippen LogP contribution in [-0.2, 0) is 10.0 Å². The molecular weight excluding hydrogens is 321 g/mol. The Balaban J connectivity index is 2.47. The van der Waals surface area contributed by atoms with Gasteiger partial charge in [0, 0.05) is 12.6 Å². The summed E-state index contributed by atoms with van der Waals surface area (Å²) < 4.78 is 26.9. The number of aliphatic hydroxyl groups is 1. The molecule has 4 nitrogen and oxygen atoms in total. The van der Waals surface area contributed by atoms with Crippen molar-refractivity contribution in [3.8, 4) is 0 Å². The second kappa shape index (κ2) is 6.62. The largest absolute Gasteiger partial charge is 0.395 e. The molecule has 1 aromatic carbocycles. The van der Waals surface area contributed by atoms with Gasteiger partial charge in [0.25, 0.3) is 0 Å². The molecule has 1 heterocycles. The van der Waals surface area contributed by atoms with Crippen molar-refractivity contribution in [3.63, 3.8) is 0 Å². The van der Waals surface area contributed by atoms with Gasteiger partial charge >= 0.3 is 0 Å². The monoisotopic (exact) mass is 337 g/mol. The Morgan fingerprint density at radius 1 is 1.20 bits per heavy atom. The molecule has 1 aliphatic heterocycles. The standard InChI is InChI=1S/C13H17Cl2NO3S/c14-11-6-4-7-12(15)13(11)20(18,19)16-8-3-1-2-5-10(16)9-17/h4,6-7,10,17H,1-3,5,8-9H2. The van der Waals surface area contributed by atoms with Crippen molar-refractivity contribution >= 4 is 33.2 Å². The molecule has 112 valence electrons. The van der Waals surface area contributed by atoms with E-state index in [1.807, 2.05) is 0 Å². The van der Waals surface area contributed by atoms with E-state index in [-0.39, 0.29) is 21.5 Å². The van der Waals surface area contributed by atoms with Crippen LogP contribution in [0, 0.1) is 0 Å². The van der Waals surface area contributed by atoms with Gasteiger partial charge in [-0.15, -0.1) is 0 Å². The molecule has 0 amide bonds. The third kappa shape index (κ3) is 3.12. The summed E-state index contributed by atoms with van der Waals surface area (Å²) in [7, 11) is -3.80. The highest BCUT2D eigenvalue weighted by Crippen LogP contribution is 2.33. The fourth-order valence-corrected chi connectivity index (χ4v) is 5.28. The number of aliphatic hydroxyl groups excluding tert-OH is 1. The highest BCUT2D eigenvalue weighted by atomic mass is 35.5. The first-order valence-electron chi connectivity index (χ1n) is 6.55. The normalized spacial score (nSPS) is 21.6. The van der Waals surface area contributed by atoms with Crippen LogP contribution >= 0.6 is 23.2 Å². The fourth-order valence-electron chi connectivity index (χ4n) is 2.50. The average Bonchev–Trinajstić information content (AvgIpc) is 2.63. The minimum Gasteiger partial charge on any atom is -0.395 e. The molecule has 1 saturated heterocycles. The molecule has 7 heteroatoms. The van der Waals surface area contributed by atoms with Gasteiger partial charge in [0.05, 0.1) is 16.7 Å². The van der Waals surface area contributed by atoms with Crippen molar-refractivity contribution in [2.24, 2.45) is 0 Å². The average molecular weight is 338 g/mol. The number of hydrogen-bond donors (Lipinski definition) is 1. The Morgan fingerprint density at radius 2 is 1.85 bits per heavy atom. The number of nitrogens with zero attached hydrogens (tertiary/aromatic N) is 1. The quantitative estimate of drug-likeness (QED) is 0.922. The summed E-state index contributed by atoms with van der Waals surface area (Å²) in [5.74, 6) is 0. The lowest BCUT2D eigenvalue weighted by atomic mass is 10.1. The van der Waals surface area contributed by atoms with E-state index in [0.717, 1.165) is 19.3 Å². The van der Waals surface area contributed by atoms with Crippen LogP contribution in [0.4, 0.5) is 0 Å². The molecule has 0 aromatic heterocycles. The molecule has 1 aromatic rings. The minimum atomic E-state index is -3.80. The van der Waals surface area contributed by atoms with Gasteiger partial charge in [0.2, 0.25) is 10.0 Å². The van der Waals surface area contributed by atoms with E-state index in [4.69, 9.17) is 23.2 Å².